The second-order valence-corrected chi connectivity index (χ2v) is 10.7. The summed E-state index contributed by atoms with van der Waals surface area (Å²) >= 11 is 0. The summed E-state index contributed by atoms with van der Waals surface area (Å²) in [6.45, 7) is 1.98. The second kappa shape index (κ2) is 7.96. The number of fused-ring (bicyclic) bond motifs is 1. The molecule has 1 aromatic carbocycles. The Hall–Kier alpha value is -2.70. The minimum absolute atomic E-state index is 0.137. The van der Waals surface area contributed by atoms with Crippen LogP contribution in [-0.4, -0.2) is 41.0 Å². The first-order chi connectivity index (χ1) is 16.0. The highest BCUT2D eigenvalue weighted by molar-refractivity contribution is 5.94. The SMILES string of the molecule is COc1ccc(C(=O)N2CCc3c(ncnc3NCC34CC5CC(CC(C5)C3)C4)C2)cc1F. The topological polar surface area (TPSA) is 67.3 Å². The van der Waals surface area contributed by atoms with E-state index in [4.69, 9.17) is 4.74 Å². The molecule has 4 aliphatic carbocycles. The number of carbonyl (C=O) groups excluding carboxylic acids is 1. The van der Waals surface area contributed by atoms with Gasteiger partial charge in [0.05, 0.1) is 19.3 Å². The summed E-state index contributed by atoms with van der Waals surface area (Å²) in [5.74, 6) is 3.14. The molecule has 5 aliphatic rings. The fraction of sp³-hybridized carbons (Fsp3) is 0.577. The summed E-state index contributed by atoms with van der Waals surface area (Å²) < 4.78 is 19.1. The van der Waals surface area contributed by atoms with Crippen molar-refractivity contribution in [3.05, 3.63) is 47.2 Å². The third-order valence-electron chi connectivity index (χ3n) is 8.49. The van der Waals surface area contributed by atoms with Crippen molar-refractivity contribution in [1.29, 1.82) is 0 Å². The number of carbonyl (C=O) groups is 1. The Kier molecular flexibility index (Phi) is 5.03. The summed E-state index contributed by atoms with van der Waals surface area (Å²) in [7, 11) is 1.41. The molecule has 0 spiro atoms. The maximum atomic E-state index is 14.1. The van der Waals surface area contributed by atoms with Gasteiger partial charge in [-0.2, -0.15) is 0 Å². The van der Waals surface area contributed by atoms with Crippen LogP contribution in [0.5, 0.6) is 5.75 Å². The van der Waals surface area contributed by atoms with Crippen molar-refractivity contribution in [2.75, 3.05) is 25.5 Å². The van der Waals surface area contributed by atoms with Crippen molar-refractivity contribution in [2.24, 2.45) is 23.2 Å². The molecule has 0 radical (unpaired) electrons. The molecule has 4 bridgehead atoms. The van der Waals surface area contributed by atoms with E-state index < -0.39 is 5.82 Å². The molecular formula is C26H31FN4O2. The summed E-state index contributed by atoms with van der Waals surface area (Å²) in [6, 6.07) is 4.35. The number of hydrogen-bond donors (Lipinski definition) is 1. The van der Waals surface area contributed by atoms with Gasteiger partial charge >= 0.3 is 0 Å². The number of rotatable bonds is 5. The van der Waals surface area contributed by atoms with Crippen molar-refractivity contribution >= 4 is 11.7 Å². The Balaban J connectivity index is 1.16. The predicted molar refractivity (Wildman–Crippen MR) is 123 cm³/mol. The van der Waals surface area contributed by atoms with Gasteiger partial charge in [0.1, 0.15) is 12.1 Å². The first-order valence-electron chi connectivity index (χ1n) is 12.2. The summed E-state index contributed by atoms with van der Waals surface area (Å²) in [5.41, 5.74) is 2.76. The molecule has 1 aliphatic heterocycles. The average Bonchev–Trinajstić information content (AvgIpc) is 2.81. The number of anilines is 1. The number of benzene rings is 1. The number of methoxy groups -OCH3 is 1. The number of ether oxygens (including phenoxy) is 1. The third kappa shape index (κ3) is 3.75. The molecule has 0 unspecified atom stereocenters. The van der Waals surface area contributed by atoms with Gasteiger partial charge in [0.25, 0.3) is 5.91 Å². The second-order valence-electron chi connectivity index (χ2n) is 10.7. The van der Waals surface area contributed by atoms with Crippen LogP contribution in [-0.2, 0) is 13.0 Å². The molecule has 6 nitrogen and oxygen atoms in total. The predicted octanol–water partition coefficient (Wildman–Crippen LogP) is 4.45. The van der Waals surface area contributed by atoms with Crippen LogP contribution in [0, 0.1) is 29.0 Å². The number of hydrogen-bond acceptors (Lipinski definition) is 5. The molecule has 1 aromatic heterocycles. The quantitative estimate of drug-likeness (QED) is 0.729. The lowest BCUT2D eigenvalue weighted by molar-refractivity contribution is -0.0444. The van der Waals surface area contributed by atoms with Crippen LogP contribution < -0.4 is 10.1 Å². The highest BCUT2D eigenvalue weighted by Gasteiger charge is 2.50. The van der Waals surface area contributed by atoms with E-state index in [0.717, 1.165) is 41.4 Å². The van der Waals surface area contributed by atoms with Crippen molar-refractivity contribution in [3.8, 4) is 5.75 Å². The Morgan fingerprint density at radius 1 is 1.18 bits per heavy atom. The molecule has 2 aromatic rings. The van der Waals surface area contributed by atoms with E-state index in [1.54, 1.807) is 17.3 Å². The van der Waals surface area contributed by atoms with E-state index in [2.05, 4.69) is 15.3 Å². The lowest BCUT2D eigenvalue weighted by Crippen LogP contribution is -2.49. The molecule has 1 amide bonds. The zero-order chi connectivity index (χ0) is 22.6. The van der Waals surface area contributed by atoms with Gasteiger partial charge in [0, 0.05) is 24.2 Å². The van der Waals surface area contributed by atoms with Crippen LogP contribution in [0.15, 0.2) is 24.5 Å². The first-order valence-corrected chi connectivity index (χ1v) is 12.2. The molecule has 0 atom stereocenters. The van der Waals surface area contributed by atoms with E-state index in [-0.39, 0.29) is 11.7 Å². The zero-order valence-electron chi connectivity index (χ0n) is 19.1. The molecule has 1 N–H and O–H groups in total. The van der Waals surface area contributed by atoms with Crippen molar-refractivity contribution in [3.63, 3.8) is 0 Å². The number of aromatic nitrogens is 2. The van der Waals surface area contributed by atoms with Gasteiger partial charge in [0.2, 0.25) is 0 Å². The summed E-state index contributed by atoms with van der Waals surface area (Å²) in [6.07, 6.45) is 10.7. The van der Waals surface area contributed by atoms with Crippen molar-refractivity contribution in [2.45, 2.75) is 51.5 Å². The van der Waals surface area contributed by atoms with Crippen LogP contribution in [0.1, 0.15) is 60.1 Å². The summed E-state index contributed by atoms with van der Waals surface area (Å²) in [4.78, 5) is 23.8. The van der Waals surface area contributed by atoms with Crippen molar-refractivity contribution < 1.29 is 13.9 Å². The molecule has 4 fully saturated rings. The van der Waals surface area contributed by atoms with Crippen LogP contribution >= 0.6 is 0 Å². The van der Waals surface area contributed by atoms with E-state index >= 15 is 0 Å². The smallest absolute Gasteiger partial charge is 0.254 e. The number of nitrogens with zero attached hydrogens (tertiary/aromatic N) is 3. The first kappa shape index (κ1) is 20.9. The molecule has 174 valence electrons. The Morgan fingerprint density at radius 3 is 2.58 bits per heavy atom. The molecule has 2 heterocycles. The fourth-order valence-corrected chi connectivity index (χ4v) is 7.44. The zero-order valence-corrected chi connectivity index (χ0v) is 19.1. The van der Waals surface area contributed by atoms with Gasteiger partial charge < -0.3 is 15.0 Å². The molecule has 7 rings (SSSR count). The molecule has 33 heavy (non-hydrogen) atoms. The maximum absolute atomic E-state index is 14.1. The highest BCUT2D eigenvalue weighted by atomic mass is 19.1. The fourth-order valence-electron chi connectivity index (χ4n) is 7.44. The average molecular weight is 451 g/mol. The number of halogens is 1. The van der Waals surface area contributed by atoms with Gasteiger partial charge in [-0.1, -0.05) is 0 Å². The van der Waals surface area contributed by atoms with Gasteiger partial charge in [-0.15, -0.1) is 0 Å². The Morgan fingerprint density at radius 2 is 1.91 bits per heavy atom. The Labute approximate surface area is 193 Å². The standard InChI is InChI=1S/C26H31FN4O2/c1-33-23-3-2-19(9-21(23)27)25(32)31-5-4-20-22(13-31)29-15-30-24(20)28-14-26-10-16-6-17(11-26)8-18(7-16)12-26/h2-3,9,15-18H,4-8,10-14H2,1H3,(H,28,29,30). The normalized spacial score (nSPS) is 29.6. The van der Waals surface area contributed by atoms with Crippen LogP contribution in [0.2, 0.25) is 0 Å². The number of nitrogens with one attached hydrogen (secondary N) is 1. The van der Waals surface area contributed by atoms with Gasteiger partial charge in [-0.25, -0.2) is 14.4 Å². The van der Waals surface area contributed by atoms with Gasteiger partial charge in [0.15, 0.2) is 11.6 Å². The largest absolute Gasteiger partial charge is 0.494 e. The summed E-state index contributed by atoms with van der Waals surface area (Å²) in [5, 5.41) is 3.71. The lowest BCUT2D eigenvalue weighted by Gasteiger charge is -2.57. The highest BCUT2D eigenvalue weighted by Crippen LogP contribution is 2.59. The van der Waals surface area contributed by atoms with Gasteiger partial charge in [-0.05, 0) is 86.3 Å². The minimum Gasteiger partial charge on any atom is -0.494 e. The van der Waals surface area contributed by atoms with Crippen LogP contribution in [0.25, 0.3) is 0 Å². The van der Waals surface area contributed by atoms with E-state index in [1.807, 2.05) is 0 Å². The van der Waals surface area contributed by atoms with Crippen molar-refractivity contribution in [1.82, 2.24) is 14.9 Å². The molecule has 7 heteroatoms. The van der Waals surface area contributed by atoms with Crippen LogP contribution in [0.4, 0.5) is 10.2 Å². The van der Waals surface area contributed by atoms with Crippen LogP contribution in [0.3, 0.4) is 0 Å². The maximum Gasteiger partial charge on any atom is 0.254 e. The van der Waals surface area contributed by atoms with E-state index in [9.17, 15) is 9.18 Å². The Bertz CT molecular complexity index is 1050. The number of amides is 1. The molecule has 4 saturated carbocycles. The van der Waals surface area contributed by atoms with E-state index in [0.29, 0.717) is 30.5 Å². The molecule has 0 saturated heterocycles. The van der Waals surface area contributed by atoms with Gasteiger partial charge in [-0.3, -0.25) is 4.79 Å². The van der Waals surface area contributed by atoms with E-state index in [1.165, 1.54) is 57.8 Å². The third-order valence-corrected chi connectivity index (χ3v) is 8.49. The molecular weight excluding hydrogens is 419 g/mol. The monoisotopic (exact) mass is 450 g/mol. The lowest BCUT2D eigenvalue weighted by atomic mass is 9.49. The minimum atomic E-state index is -0.528.